The number of ether oxygens (including phenoxy) is 2. The van der Waals surface area contributed by atoms with Gasteiger partial charge in [0.05, 0.1) is 0 Å². The van der Waals surface area contributed by atoms with E-state index in [-0.39, 0.29) is 11.8 Å². The van der Waals surface area contributed by atoms with Crippen LogP contribution in [0, 0.1) is 29.0 Å². The number of carbonyl (C=O) groups excluding carboxylic acids is 1. The molecule has 1 heterocycles. The molecule has 0 aromatic heterocycles. The third-order valence-corrected chi connectivity index (χ3v) is 5.63. The van der Waals surface area contributed by atoms with E-state index in [2.05, 4.69) is 6.08 Å². The molecule has 6 nitrogen and oxygen atoms in total. The van der Waals surface area contributed by atoms with E-state index in [0.717, 1.165) is 23.2 Å². The van der Waals surface area contributed by atoms with Gasteiger partial charge in [0.1, 0.15) is 16.9 Å². The van der Waals surface area contributed by atoms with Crippen molar-refractivity contribution in [2.24, 2.45) is 5.92 Å². The lowest BCUT2D eigenvalue weighted by molar-refractivity contribution is -0.129. The Bertz CT molecular complexity index is 1030. The van der Waals surface area contributed by atoms with Gasteiger partial charge in [0.15, 0.2) is 0 Å². The molecule has 1 unspecified atom stereocenters. The SMILES string of the molecule is CN1C(=O)C(c2ccc(OC#N)cc2)(c2ccc(OC#N)cc2)C2CC=CC=C21. The molecular formula is C23H17N3O3. The molecule has 2 aromatic rings. The average molecular weight is 383 g/mol. The van der Waals surface area contributed by atoms with Crippen molar-refractivity contribution in [1.29, 1.82) is 10.5 Å². The zero-order valence-electron chi connectivity index (χ0n) is 15.7. The van der Waals surface area contributed by atoms with Crippen molar-refractivity contribution >= 4 is 5.91 Å². The van der Waals surface area contributed by atoms with Gasteiger partial charge in [-0.1, -0.05) is 36.4 Å². The van der Waals surface area contributed by atoms with Crippen LogP contribution in [0.3, 0.4) is 0 Å². The summed E-state index contributed by atoms with van der Waals surface area (Å²) in [6, 6.07) is 14.1. The standard InChI is InChI=1S/C23H17N3O3/c1-26-21-5-3-2-4-20(21)23(22(26)27,16-6-10-18(11-7-16)28-14-24)17-8-12-19(13-9-17)29-15-25/h2-3,5-13,20H,4H2,1H3. The number of allylic oxidation sites excluding steroid dienone is 4. The molecule has 2 aromatic carbocycles. The summed E-state index contributed by atoms with van der Waals surface area (Å²) in [6.07, 6.45) is 10.1. The topological polar surface area (TPSA) is 86.3 Å². The Morgan fingerprint density at radius 3 is 1.97 bits per heavy atom. The summed E-state index contributed by atoms with van der Waals surface area (Å²) in [6.45, 7) is 0. The van der Waals surface area contributed by atoms with Crippen molar-refractivity contribution in [2.45, 2.75) is 11.8 Å². The molecule has 1 saturated heterocycles. The lowest BCUT2D eigenvalue weighted by atomic mass is 9.65. The number of benzene rings is 2. The van der Waals surface area contributed by atoms with Crippen molar-refractivity contribution in [2.75, 3.05) is 7.05 Å². The van der Waals surface area contributed by atoms with Crippen LogP contribution in [0.1, 0.15) is 17.5 Å². The highest BCUT2D eigenvalue weighted by atomic mass is 16.5. The smallest absolute Gasteiger partial charge is 0.292 e. The minimum Gasteiger partial charge on any atom is -0.388 e. The molecule has 0 spiro atoms. The van der Waals surface area contributed by atoms with Crippen LogP contribution in [0.2, 0.25) is 0 Å². The molecule has 2 aliphatic rings. The summed E-state index contributed by atoms with van der Waals surface area (Å²) >= 11 is 0. The van der Waals surface area contributed by atoms with Crippen LogP contribution in [0.5, 0.6) is 11.5 Å². The van der Waals surface area contributed by atoms with Crippen LogP contribution >= 0.6 is 0 Å². The summed E-state index contributed by atoms with van der Waals surface area (Å²) in [5.41, 5.74) is 1.67. The van der Waals surface area contributed by atoms with Crippen molar-refractivity contribution in [3.63, 3.8) is 0 Å². The van der Waals surface area contributed by atoms with Crippen LogP contribution in [0.4, 0.5) is 0 Å². The maximum absolute atomic E-state index is 13.7. The van der Waals surface area contributed by atoms with Crippen LogP contribution < -0.4 is 9.47 Å². The molecule has 29 heavy (non-hydrogen) atoms. The van der Waals surface area contributed by atoms with Gasteiger partial charge in [0.2, 0.25) is 5.91 Å². The molecule has 1 atom stereocenters. The maximum atomic E-state index is 13.7. The molecule has 4 rings (SSSR count). The first-order valence-corrected chi connectivity index (χ1v) is 9.10. The first-order valence-electron chi connectivity index (χ1n) is 9.10. The van der Waals surface area contributed by atoms with Crippen LogP contribution in [0.25, 0.3) is 0 Å². The number of hydrogen-bond donors (Lipinski definition) is 0. The van der Waals surface area contributed by atoms with Gasteiger partial charge in [-0.2, -0.15) is 0 Å². The quantitative estimate of drug-likeness (QED) is 0.753. The molecule has 1 aliphatic heterocycles. The lowest BCUT2D eigenvalue weighted by Gasteiger charge is -2.34. The van der Waals surface area contributed by atoms with E-state index in [9.17, 15) is 4.79 Å². The zero-order chi connectivity index (χ0) is 20.4. The number of likely N-dealkylation sites (N-methyl/N-ethyl adjacent to an activating group) is 1. The van der Waals surface area contributed by atoms with E-state index in [1.807, 2.05) is 36.4 Å². The number of hydrogen-bond acceptors (Lipinski definition) is 5. The third-order valence-electron chi connectivity index (χ3n) is 5.63. The van der Waals surface area contributed by atoms with Crippen molar-refractivity contribution in [3.05, 3.63) is 83.6 Å². The highest BCUT2D eigenvalue weighted by Gasteiger charge is 2.57. The van der Waals surface area contributed by atoms with E-state index in [1.165, 1.54) is 0 Å². The van der Waals surface area contributed by atoms with Gasteiger partial charge in [0, 0.05) is 18.7 Å². The number of likely N-dealkylation sites (tertiary alicyclic amines) is 1. The molecule has 6 heteroatoms. The van der Waals surface area contributed by atoms with Crippen LogP contribution in [-0.2, 0) is 10.2 Å². The number of amides is 1. The maximum Gasteiger partial charge on any atom is 0.292 e. The molecule has 0 radical (unpaired) electrons. The predicted molar refractivity (Wildman–Crippen MR) is 104 cm³/mol. The Labute approximate surface area is 168 Å². The first kappa shape index (κ1) is 18.3. The predicted octanol–water partition coefficient (Wildman–Crippen LogP) is 3.62. The normalized spacial score (nSPS) is 19.0. The Morgan fingerprint density at radius 1 is 0.966 bits per heavy atom. The van der Waals surface area contributed by atoms with E-state index in [4.69, 9.17) is 20.0 Å². The van der Waals surface area contributed by atoms with Crippen LogP contribution in [-0.4, -0.2) is 17.9 Å². The molecule has 1 aliphatic carbocycles. The highest BCUT2D eigenvalue weighted by Crippen LogP contribution is 2.53. The molecular weight excluding hydrogens is 366 g/mol. The van der Waals surface area contributed by atoms with Gasteiger partial charge in [0.25, 0.3) is 12.5 Å². The summed E-state index contributed by atoms with van der Waals surface area (Å²) in [7, 11) is 1.79. The number of carbonyl (C=O) groups is 1. The van der Waals surface area contributed by atoms with Gasteiger partial charge in [-0.05, 0) is 47.9 Å². The van der Waals surface area contributed by atoms with Gasteiger partial charge >= 0.3 is 0 Å². The molecule has 1 fully saturated rings. The fourth-order valence-corrected chi connectivity index (χ4v) is 4.39. The zero-order valence-corrected chi connectivity index (χ0v) is 15.7. The second-order valence-electron chi connectivity index (χ2n) is 6.92. The first-order chi connectivity index (χ1) is 14.1. The van der Waals surface area contributed by atoms with Crippen molar-refractivity contribution < 1.29 is 14.3 Å². The number of fused-ring (bicyclic) bond motifs is 1. The van der Waals surface area contributed by atoms with E-state index in [0.29, 0.717) is 11.5 Å². The third kappa shape index (κ3) is 2.74. The Balaban J connectivity index is 1.91. The van der Waals surface area contributed by atoms with E-state index >= 15 is 0 Å². The van der Waals surface area contributed by atoms with Gasteiger partial charge in [-0.3, -0.25) is 4.79 Å². The minimum absolute atomic E-state index is 0.0275. The molecule has 0 saturated carbocycles. The van der Waals surface area contributed by atoms with Crippen molar-refractivity contribution in [3.8, 4) is 24.0 Å². The second kappa shape index (κ2) is 7.18. The number of rotatable bonds is 4. The molecule has 142 valence electrons. The molecule has 1 amide bonds. The Kier molecular flexibility index (Phi) is 4.54. The Morgan fingerprint density at radius 2 is 1.48 bits per heavy atom. The van der Waals surface area contributed by atoms with Crippen LogP contribution in [0.15, 0.2) is 72.5 Å². The average Bonchev–Trinajstić information content (AvgIpc) is 2.98. The van der Waals surface area contributed by atoms with Gasteiger partial charge < -0.3 is 14.4 Å². The summed E-state index contributed by atoms with van der Waals surface area (Å²) in [4.78, 5) is 15.4. The van der Waals surface area contributed by atoms with E-state index < -0.39 is 5.41 Å². The monoisotopic (exact) mass is 383 g/mol. The second-order valence-corrected chi connectivity index (χ2v) is 6.92. The minimum atomic E-state index is -0.929. The number of nitriles is 2. The lowest BCUT2D eigenvalue weighted by Crippen LogP contribution is -2.41. The summed E-state index contributed by atoms with van der Waals surface area (Å²) in [5, 5.41) is 17.5. The molecule has 0 bridgehead atoms. The van der Waals surface area contributed by atoms with E-state index in [1.54, 1.807) is 48.7 Å². The summed E-state index contributed by atoms with van der Waals surface area (Å²) < 4.78 is 9.80. The number of nitrogens with zero attached hydrogens (tertiary/aromatic N) is 3. The van der Waals surface area contributed by atoms with Crippen molar-refractivity contribution in [1.82, 2.24) is 4.90 Å². The van der Waals surface area contributed by atoms with Gasteiger partial charge in [-0.25, -0.2) is 0 Å². The summed E-state index contributed by atoms with van der Waals surface area (Å²) in [5.74, 6) is 0.736. The fraction of sp³-hybridized carbons (Fsp3) is 0.174. The molecule has 0 N–H and O–H groups in total. The largest absolute Gasteiger partial charge is 0.388 e. The Hall–Kier alpha value is -4.03. The fourth-order valence-electron chi connectivity index (χ4n) is 4.39. The van der Waals surface area contributed by atoms with Gasteiger partial charge in [-0.15, -0.1) is 10.5 Å². The highest BCUT2D eigenvalue weighted by molar-refractivity contribution is 5.97.